The molecule has 5 nitrogen and oxygen atoms in total. The highest BCUT2D eigenvalue weighted by atomic mass is 127. The van der Waals surface area contributed by atoms with E-state index < -0.39 is 0 Å². The van der Waals surface area contributed by atoms with Crippen LogP contribution in [0.4, 0.5) is 0 Å². The molecule has 0 saturated carbocycles. The molecule has 1 saturated heterocycles. The first-order valence-electron chi connectivity index (χ1n) is 7.99. The number of hydrogen-bond donors (Lipinski definition) is 1. The minimum Gasteiger partial charge on any atom is -0.493 e. The number of guanidine groups is 1. The topological polar surface area (TPSA) is 46.1 Å². The lowest BCUT2D eigenvalue weighted by molar-refractivity contribution is 0.354. The zero-order chi connectivity index (χ0) is 16.7. The summed E-state index contributed by atoms with van der Waals surface area (Å²) in [6.07, 6.45) is 1.20. The van der Waals surface area contributed by atoms with E-state index in [4.69, 9.17) is 9.47 Å². The summed E-state index contributed by atoms with van der Waals surface area (Å²) in [6.45, 7) is 5.08. The van der Waals surface area contributed by atoms with Crippen molar-refractivity contribution < 1.29 is 9.47 Å². The number of halogens is 1. The van der Waals surface area contributed by atoms with Crippen molar-refractivity contribution in [2.24, 2.45) is 4.99 Å². The van der Waals surface area contributed by atoms with Gasteiger partial charge in [-0.25, -0.2) is 0 Å². The summed E-state index contributed by atoms with van der Waals surface area (Å²) < 4.78 is 10.6. The van der Waals surface area contributed by atoms with Gasteiger partial charge in [0.2, 0.25) is 0 Å². The summed E-state index contributed by atoms with van der Waals surface area (Å²) in [5.74, 6) is 3.63. The number of methoxy groups -OCH3 is 2. The van der Waals surface area contributed by atoms with Gasteiger partial charge in [-0.2, -0.15) is 11.8 Å². The summed E-state index contributed by atoms with van der Waals surface area (Å²) >= 11 is 2.06. The lowest BCUT2D eigenvalue weighted by Gasteiger charge is -2.34. The molecule has 1 N–H and O–H groups in total. The van der Waals surface area contributed by atoms with Crippen LogP contribution in [0.2, 0.25) is 0 Å². The first-order valence-corrected chi connectivity index (χ1v) is 9.04. The third-order valence-corrected chi connectivity index (χ3v) is 5.38. The standard InChI is InChI=1S/C17H27N3O2S.HI/c1-5-14-12-20(8-9-23-14)17(18-2)19-11-13-6-7-15(21-3)16(10-13)22-4;/h6-7,10,14H,5,8-9,11-12H2,1-4H3,(H,18,19);1H. The van der Waals surface area contributed by atoms with Crippen molar-refractivity contribution in [3.63, 3.8) is 0 Å². The maximum Gasteiger partial charge on any atom is 0.193 e. The van der Waals surface area contributed by atoms with Gasteiger partial charge in [-0.1, -0.05) is 13.0 Å². The number of ether oxygens (including phenoxy) is 2. The van der Waals surface area contributed by atoms with E-state index in [1.807, 2.05) is 25.2 Å². The summed E-state index contributed by atoms with van der Waals surface area (Å²) in [5.41, 5.74) is 1.14. The maximum absolute atomic E-state index is 5.36. The zero-order valence-electron chi connectivity index (χ0n) is 14.9. The molecular formula is C17H28IN3O2S. The molecule has 1 heterocycles. The van der Waals surface area contributed by atoms with Crippen molar-refractivity contribution >= 4 is 41.7 Å². The van der Waals surface area contributed by atoms with Crippen LogP contribution in [-0.4, -0.2) is 56.2 Å². The molecule has 1 aliphatic heterocycles. The van der Waals surface area contributed by atoms with Crippen molar-refractivity contribution in [3.05, 3.63) is 23.8 Å². The van der Waals surface area contributed by atoms with Crippen LogP contribution in [0, 0.1) is 0 Å². The molecule has 1 aromatic carbocycles. The fraction of sp³-hybridized carbons (Fsp3) is 0.588. The maximum atomic E-state index is 5.36. The molecule has 0 amide bonds. The zero-order valence-corrected chi connectivity index (χ0v) is 18.0. The van der Waals surface area contributed by atoms with Gasteiger partial charge in [-0.05, 0) is 24.1 Å². The summed E-state index contributed by atoms with van der Waals surface area (Å²) in [4.78, 5) is 6.79. The Morgan fingerprint density at radius 2 is 2.08 bits per heavy atom. The number of benzene rings is 1. The third kappa shape index (κ3) is 5.61. The summed E-state index contributed by atoms with van der Waals surface area (Å²) in [6, 6.07) is 5.98. The van der Waals surface area contributed by atoms with Gasteiger partial charge in [-0.3, -0.25) is 4.99 Å². The number of rotatable bonds is 5. The summed E-state index contributed by atoms with van der Waals surface area (Å²) in [7, 11) is 5.15. The van der Waals surface area contributed by atoms with Crippen LogP contribution in [0.3, 0.4) is 0 Å². The van der Waals surface area contributed by atoms with Crippen molar-refractivity contribution in [1.82, 2.24) is 10.2 Å². The van der Waals surface area contributed by atoms with Crippen LogP contribution >= 0.6 is 35.7 Å². The second-order valence-electron chi connectivity index (χ2n) is 5.44. The van der Waals surface area contributed by atoms with Crippen LogP contribution in [0.25, 0.3) is 0 Å². The molecule has 0 radical (unpaired) electrons. The fourth-order valence-electron chi connectivity index (χ4n) is 2.66. The Balaban J connectivity index is 0.00000288. The van der Waals surface area contributed by atoms with E-state index in [1.54, 1.807) is 14.2 Å². The Morgan fingerprint density at radius 3 is 2.71 bits per heavy atom. The fourth-order valence-corrected chi connectivity index (χ4v) is 3.84. The Morgan fingerprint density at radius 1 is 1.33 bits per heavy atom. The average Bonchev–Trinajstić information content (AvgIpc) is 2.62. The van der Waals surface area contributed by atoms with E-state index in [9.17, 15) is 0 Å². The Bertz CT molecular complexity index is 543. The normalized spacial score (nSPS) is 17.9. The predicted molar refractivity (Wildman–Crippen MR) is 113 cm³/mol. The molecule has 0 aromatic heterocycles. The van der Waals surface area contributed by atoms with Crippen LogP contribution in [0.5, 0.6) is 11.5 Å². The highest BCUT2D eigenvalue weighted by Crippen LogP contribution is 2.27. The molecule has 1 atom stereocenters. The second-order valence-corrected chi connectivity index (χ2v) is 6.85. The molecule has 24 heavy (non-hydrogen) atoms. The Hall–Kier alpha value is -0.830. The highest BCUT2D eigenvalue weighted by Gasteiger charge is 2.21. The van der Waals surface area contributed by atoms with Gasteiger partial charge in [0.25, 0.3) is 0 Å². The second kappa shape index (κ2) is 10.9. The van der Waals surface area contributed by atoms with E-state index in [-0.39, 0.29) is 24.0 Å². The first kappa shape index (κ1) is 21.2. The van der Waals surface area contributed by atoms with Crippen LogP contribution in [-0.2, 0) is 6.54 Å². The van der Waals surface area contributed by atoms with Gasteiger partial charge in [0.15, 0.2) is 17.5 Å². The molecule has 1 aromatic rings. The predicted octanol–water partition coefficient (Wildman–Crippen LogP) is 3.22. The van der Waals surface area contributed by atoms with Crippen molar-refractivity contribution in [3.8, 4) is 11.5 Å². The number of nitrogens with zero attached hydrogens (tertiary/aromatic N) is 2. The number of thioether (sulfide) groups is 1. The molecule has 0 aliphatic carbocycles. The largest absolute Gasteiger partial charge is 0.493 e. The van der Waals surface area contributed by atoms with Gasteiger partial charge >= 0.3 is 0 Å². The van der Waals surface area contributed by atoms with Gasteiger partial charge in [0.1, 0.15) is 0 Å². The first-order chi connectivity index (χ1) is 11.2. The molecule has 1 fully saturated rings. The smallest absolute Gasteiger partial charge is 0.193 e. The third-order valence-electron chi connectivity index (χ3n) is 4.00. The lowest BCUT2D eigenvalue weighted by Crippen LogP contribution is -2.47. The molecular weight excluding hydrogens is 437 g/mol. The van der Waals surface area contributed by atoms with E-state index in [0.717, 1.165) is 41.9 Å². The van der Waals surface area contributed by atoms with Crippen LogP contribution < -0.4 is 14.8 Å². The Labute approximate surface area is 166 Å². The number of nitrogens with one attached hydrogen (secondary N) is 1. The van der Waals surface area contributed by atoms with Crippen LogP contribution in [0.1, 0.15) is 18.9 Å². The molecule has 136 valence electrons. The quantitative estimate of drug-likeness (QED) is 0.411. The SMILES string of the molecule is CCC1CN(C(=NC)NCc2ccc(OC)c(OC)c2)CCS1.I. The highest BCUT2D eigenvalue weighted by molar-refractivity contribution is 14.0. The number of hydrogen-bond acceptors (Lipinski definition) is 4. The average molecular weight is 465 g/mol. The molecule has 1 aliphatic rings. The van der Waals surface area contributed by atoms with Crippen molar-refractivity contribution in [2.75, 3.05) is 40.1 Å². The molecule has 0 bridgehead atoms. The van der Waals surface area contributed by atoms with E-state index in [0.29, 0.717) is 11.8 Å². The van der Waals surface area contributed by atoms with E-state index >= 15 is 0 Å². The molecule has 0 spiro atoms. The molecule has 7 heteroatoms. The van der Waals surface area contributed by atoms with Gasteiger partial charge in [0, 0.05) is 37.7 Å². The van der Waals surface area contributed by atoms with Gasteiger partial charge < -0.3 is 19.7 Å². The Kier molecular flexibility index (Phi) is 9.65. The van der Waals surface area contributed by atoms with Crippen LogP contribution in [0.15, 0.2) is 23.2 Å². The monoisotopic (exact) mass is 465 g/mol. The van der Waals surface area contributed by atoms with Gasteiger partial charge in [0.05, 0.1) is 14.2 Å². The van der Waals surface area contributed by atoms with Crippen molar-refractivity contribution in [1.29, 1.82) is 0 Å². The summed E-state index contributed by atoms with van der Waals surface area (Å²) in [5, 5.41) is 4.16. The molecule has 2 rings (SSSR count). The van der Waals surface area contributed by atoms with E-state index in [1.165, 1.54) is 6.42 Å². The minimum atomic E-state index is 0. The van der Waals surface area contributed by atoms with Crippen molar-refractivity contribution in [2.45, 2.75) is 25.1 Å². The molecule has 1 unspecified atom stereocenters. The lowest BCUT2D eigenvalue weighted by atomic mass is 10.2. The van der Waals surface area contributed by atoms with E-state index in [2.05, 4.69) is 33.9 Å². The van der Waals surface area contributed by atoms with Gasteiger partial charge in [-0.15, -0.1) is 24.0 Å². The number of aliphatic imine (C=N–C) groups is 1. The minimum absolute atomic E-state index is 0.